The van der Waals surface area contributed by atoms with E-state index in [-0.39, 0.29) is 17.2 Å². The Morgan fingerprint density at radius 3 is 2.93 bits per heavy atom. The van der Waals surface area contributed by atoms with Gasteiger partial charge in [0, 0.05) is 47.9 Å². The quantitative estimate of drug-likeness (QED) is 0.661. The van der Waals surface area contributed by atoms with Crippen molar-refractivity contribution in [2.75, 3.05) is 19.3 Å². The third-order valence-corrected chi connectivity index (χ3v) is 3.77. The Kier molecular flexibility index (Phi) is 4.54. The molecule has 0 radical (unpaired) electrons. The van der Waals surface area contributed by atoms with Crippen LogP contribution in [0.3, 0.4) is 0 Å². The van der Waals surface area contributed by atoms with E-state index in [0.717, 1.165) is 19.5 Å². The minimum atomic E-state index is -0.770. The first-order valence-electron chi connectivity index (χ1n) is 4.92. The van der Waals surface area contributed by atoms with Crippen LogP contribution in [-0.2, 0) is 15.6 Å². The summed E-state index contributed by atoms with van der Waals surface area (Å²) in [5, 5.41) is 6.27. The third-order valence-electron chi connectivity index (χ3n) is 2.47. The van der Waals surface area contributed by atoms with Crippen LogP contribution >= 0.6 is 0 Å². The Bertz CT molecular complexity index is 233. The van der Waals surface area contributed by atoms with Crippen molar-refractivity contribution in [2.24, 2.45) is 0 Å². The zero-order valence-corrected chi connectivity index (χ0v) is 9.52. The molecule has 1 amide bonds. The SMILES string of the molecule is CC(CNCC1CCC(=O)N1)S(C)=O. The van der Waals surface area contributed by atoms with Crippen LogP contribution in [0.25, 0.3) is 0 Å². The van der Waals surface area contributed by atoms with Crippen LogP contribution in [0, 0.1) is 0 Å². The average Bonchev–Trinajstić information content (AvgIpc) is 2.51. The van der Waals surface area contributed by atoms with Crippen LogP contribution < -0.4 is 10.6 Å². The summed E-state index contributed by atoms with van der Waals surface area (Å²) in [6.45, 7) is 3.49. The van der Waals surface area contributed by atoms with Gasteiger partial charge in [0.15, 0.2) is 0 Å². The Labute approximate surface area is 87.3 Å². The molecule has 0 aromatic carbocycles. The molecule has 0 aromatic rings. The maximum atomic E-state index is 11.0. The molecule has 82 valence electrons. The van der Waals surface area contributed by atoms with Crippen LogP contribution in [0.4, 0.5) is 0 Å². The van der Waals surface area contributed by atoms with E-state index in [1.807, 2.05) is 6.92 Å². The molecule has 1 rings (SSSR count). The first-order valence-corrected chi connectivity index (χ1v) is 6.54. The van der Waals surface area contributed by atoms with Crippen molar-refractivity contribution < 1.29 is 9.00 Å². The summed E-state index contributed by atoms with van der Waals surface area (Å²) in [5.74, 6) is 0.143. The number of carbonyl (C=O) groups excluding carboxylic acids is 1. The second-order valence-electron chi connectivity index (χ2n) is 3.77. The maximum Gasteiger partial charge on any atom is 0.220 e. The fourth-order valence-electron chi connectivity index (χ4n) is 1.41. The van der Waals surface area contributed by atoms with Gasteiger partial charge in [0.2, 0.25) is 5.91 Å². The van der Waals surface area contributed by atoms with Gasteiger partial charge in [0.25, 0.3) is 0 Å². The van der Waals surface area contributed by atoms with Crippen molar-refractivity contribution in [2.45, 2.75) is 31.1 Å². The van der Waals surface area contributed by atoms with E-state index in [1.165, 1.54) is 0 Å². The van der Waals surface area contributed by atoms with Crippen molar-refractivity contribution >= 4 is 16.7 Å². The highest BCUT2D eigenvalue weighted by Gasteiger charge is 2.20. The van der Waals surface area contributed by atoms with E-state index in [0.29, 0.717) is 6.42 Å². The lowest BCUT2D eigenvalue weighted by molar-refractivity contribution is -0.119. The second kappa shape index (κ2) is 5.46. The van der Waals surface area contributed by atoms with Crippen molar-refractivity contribution in [3.8, 4) is 0 Å². The van der Waals surface area contributed by atoms with E-state index in [4.69, 9.17) is 0 Å². The zero-order valence-electron chi connectivity index (χ0n) is 8.71. The van der Waals surface area contributed by atoms with E-state index in [1.54, 1.807) is 6.26 Å². The molecule has 0 aromatic heterocycles. The van der Waals surface area contributed by atoms with Gasteiger partial charge in [0.1, 0.15) is 0 Å². The minimum absolute atomic E-state index is 0.143. The number of hydrogen-bond donors (Lipinski definition) is 2. The molecule has 4 nitrogen and oxygen atoms in total. The molecule has 1 aliphatic rings. The van der Waals surface area contributed by atoms with Crippen molar-refractivity contribution in [3.05, 3.63) is 0 Å². The van der Waals surface area contributed by atoms with Gasteiger partial charge in [-0.3, -0.25) is 9.00 Å². The molecule has 0 spiro atoms. The molecule has 1 fully saturated rings. The summed E-state index contributed by atoms with van der Waals surface area (Å²) in [6, 6.07) is 0.264. The van der Waals surface area contributed by atoms with Gasteiger partial charge in [-0.25, -0.2) is 0 Å². The Morgan fingerprint density at radius 2 is 2.43 bits per heavy atom. The fourth-order valence-corrected chi connectivity index (χ4v) is 1.76. The maximum absolute atomic E-state index is 11.0. The minimum Gasteiger partial charge on any atom is -0.352 e. The van der Waals surface area contributed by atoms with Crippen molar-refractivity contribution in [1.82, 2.24) is 10.6 Å². The Hall–Kier alpha value is -0.420. The van der Waals surface area contributed by atoms with E-state index >= 15 is 0 Å². The molecular formula is C9H18N2O2S. The summed E-state index contributed by atoms with van der Waals surface area (Å²) < 4.78 is 11.0. The Morgan fingerprint density at radius 1 is 1.71 bits per heavy atom. The predicted molar refractivity (Wildman–Crippen MR) is 57.6 cm³/mol. The van der Waals surface area contributed by atoms with E-state index in [2.05, 4.69) is 10.6 Å². The standard InChI is InChI=1S/C9H18N2O2S/c1-7(14(2)13)5-10-6-8-3-4-9(12)11-8/h7-8,10H,3-6H2,1-2H3,(H,11,12). The zero-order chi connectivity index (χ0) is 10.6. The normalized spacial score (nSPS) is 25.9. The van der Waals surface area contributed by atoms with Gasteiger partial charge in [0.05, 0.1) is 0 Å². The van der Waals surface area contributed by atoms with Crippen molar-refractivity contribution in [3.63, 3.8) is 0 Å². The lowest BCUT2D eigenvalue weighted by Crippen LogP contribution is -2.38. The topological polar surface area (TPSA) is 58.2 Å². The largest absolute Gasteiger partial charge is 0.352 e. The summed E-state index contributed by atoms with van der Waals surface area (Å²) in [7, 11) is -0.770. The van der Waals surface area contributed by atoms with Crippen LogP contribution in [0.1, 0.15) is 19.8 Å². The van der Waals surface area contributed by atoms with Gasteiger partial charge in [-0.2, -0.15) is 0 Å². The monoisotopic (exact) mass is 218 g/mol. The lowest BCUT2D eigenvalue weighted by Gasteiger charge is -2.13. The van der Waals surface area contributed by atoms with Gasteiger partial charge in [-0.05, 0) is 13.3 Å². The highest BCUT2D eigenvalue weighted by molar-refractivity contribution is 7.84. The average molecular weight is 218 g/mol. The smallest absolute Gasteiger partial charge is 0.220 e. The summed E-state index contributed by atoms with van der Waals surface area (Å²) in [6.07, 6.45) is 3.26. The molecule has 0 aliphatic carbocycles. The summed E-state index contributed by atoms with van der Waals surface area (Å²) >= 11 is 0. The molecule has 2 N–H and O–H groups in total. The number of nitrogens with one attached hydrogen (secondary N) is 2. The van der Waals surface area contributed by atoms with E-state index in [9.17, 15) is 9.00 Å². The van der Waals surface area contributed by atoms with Crippen LogP contribution in [0.2, 0.25) is 0 Å². The Balaban J connectivity index is 2.09. The van der Waals surface area contributed by atoms with Crippen LogP contribution in [0.15, 0.2) is 0 Å². The molecule has 1 heterocycles. The summed E-state index contributed by atoms with van der Waals surface area (Å²) in [5.41, 5.74) is 0. The molecule has 5 heteroatoms. The third kappa shape index (κ3) is 3.75. The predicted octanol–water partition coefficient (Wildman–Crippen LogP) is -0.378. The molecule has 1 aliphatic heterocycles. The highest BCUT2D eigenvalue weighted by atomic mass is 32.2. The van der Waals surface area contributed by atoms with Gasteiger partial charge in [-0.1, -0.05) is 0 Å². The van der Waals surface area contributed by atoms with E-state index < -0.39 is 10.8 Å². The fraction of sp³-hybridized carbons (Fsp3) is 0.889. The molecule has 3 atom stereocenters. The second-order valence-corrected chi connectivity index (χ2v) is 5.57. The molecule has 0 saturated carbocycles. The number of amides is 1. The molecule has 0 bridgehead atoms. The number of hydrogen-bond acceptors (Lipinski definition) is 3. The number of rotatable bonds is 5. The lowest BCUT2D eigenvalue weighted by atomic mass is 10.2. The molecule has 14 heavy (non-hydrogen) atoms. The summed E-state index contributed by atoms with van der Waals surface area (Å²) in [4.78, 5) is 10.9. The van der Waals surface area contributed by atoms with Gasteiger partial charge in [-0.15, -0.1) is 0 Å². The first-order chi connectivity index (χ1) is 6.59. The van der Waals surface area contributed by atoms with Crippen LogP contribution in [0.5, 0.6) is 0 Å². The molecule has 1 saturated heterocycles. The molecule has 3 unspecified atom stereocenters. The highest BCUT2D eigenvalue weighted by Crippen LogP contribution is 2.04. The van der Waals surface area contributed by atoms with Crippen molar-refractivity contribution in [1.29, 1.82) is 0 Å². The van der Waals surface area contributed by atoms with Gasteiger partial charge < -0.3 is 10.6 Å². The number of carbonyl (C=O) groups is 1. The molecular weight excluding hydrogens is 200 g/mol. The first kappa shape index (κ1) is 11.7. The van der Waals surface area contributed by atoms with Gasteiger partial charge >= 0.3 is 0 Å². The van der Waals surface area contributed by atoms with Crippen LogP contribution in [-0.4, -0.2) is 40.8 Å².